The first-order valence-corrected chi connectivity index (χ1v) is 6.08. The minimum atomic E-state index is -4.21. The van der Waals surface area contributed by atoms with Crippen LogP contribution in [0.25, 0.3) is 15.9 Å². The molecule has 0 aliphatic rings. The molecular weight excluding hydrogens is 277 g/mol. The van der Waals surface area contributed by atoms with Crippen molar-refractivity contribution in [2.45, 2.75) is 6.18 Å². The van der Waals surface area contributed by atoms with E-state index < -0.39 is 11.7 Å². The summed E-state index contributed by atoms with van der Waals surface area (Å²) < 4.78 is 36.9. The number of benzene rings is 2. The highest BCUT2D eigenvalue weighted by molar-refractivity contribution is 5.80. The zero-order valence-corrected chi connectivity index (χ0v) is 10.9. The third-order valence-electron chi connectivity index (χ3n) is 2.79. The lowest BCUT2D eigenvalue weighted by atomic mass is 10.2. The zero-order chi connectivity index (χ0) is 15.3. The van der Waals surface area contributed by atoms with E-state index in [9.17, 15) is 13.2 Å². The fraction of sp³-hybridized carbons (Fsp3) is 0.0625. The second-order valence-electron chi connectivity index (χ2n) is 4.18. The van der Waals surface area contributed by atoms with Crippen molar-refractivity contribution >= 4 is 10.9 Å². The van der Waals surface area contributed by atoms with Gasteiger partial charge in [0.2, 0.25) is 0 Å². The summed E-state index contributed by atoms with van der Waals surface area (Å²) in [5, 5.41) is 1.11. The summed E-state index contributed by atoms with van der Waals surface area (Å²) in [5.74, 6) is 0. The van der Waals surface area contributed by atoms with Gasteiger partial charge < -0.3 is 0 Å². The largest absolute Gasteiger partial charge is 0.416 e. The van der Waals surface area contributed by atoms with Crippen LogP contribution in [-0.4, -0.2) is 4.68 Å². The quantitative estimate of drug-likeness (QED) is 0.513. The Bertz CT molecular complexity index is 752. The predicted octanol–water partition coefficient (Wildman–Crippen LogP) is 5.03. The maximum Gasteiger partial charge on any atom is 0.416 e. The summed E-state index contributed by atoms with van der Waals surface area (Å²) in [6.07, 6.45) is -2.43. The number of para-hydroxylation sites is 1. The number of nitrogens with zero attached hydrogens (tertiary/aromatic N) is 2. The van der Waals surface area contributed by atoms with Gasteiger partial charge in [-0.1, -0.05) is 53.2 Å². The van der Waals surface area contributed by atoms with E-state index in [4.69, 9.17) is 6.57 Å². The molecule has 3 rings (SSSR count). The first kappa shape index (κ1) is 14.7. The van der Waals surface area contributed by atoms with Crippen LogP contribution in [0.15, 0.2) is 66.9 Å². The molecule has 0 amide bonds. The number of aromatic nitrogens is 1. The summed E-state index contributed by atoms with van der Waals surface area (Å²) in [5.41, 5.74) is 0.373. The van der Waals surface area contributed by atoms with Crippen molar-refractivity contribution in [2.24, 2.45) is 0 Å². The smallest absolute Gasteiger partial charge is 0.183 e. The number of fused-ring (bicyclic) bond motifs is 1. The lowest BCUT2D eigenvalue weighted by Gasteiger charge is -2.03. The van der Waals surface area contributed by atoms with Crippen molar-refractivity contribution in [1.82, 2.24) is 4.68 Å². The van der Waals surface area contributed by atoms with Gasteiger partial charge in [0.05, 0.1) is 11.8 Å². The number of rotatable bonds is 0. The van der Waals surface area contributed by atoms with Gasteiger partial charge in [0.25, 0.3) is 0 Å². The maximum atomic E-state index is 11.8. The highest BCUT2D eigenvalue weighted by Gasteiger charge is 2.29. The molecule has 2 aromatic carbocycles. The summed E-state index contributed by atoms with van der Waals surface area (Å²) in [6.45, 7) is 6.83. The van der Waals surface area contributed by atoms with Crippen LogP contribution in [0.3, 0.4) is 0 Å². The van der Waals surface area contributed by atoms with Gasteiger partial charge in [-0.3, -0.25) is 0 Å². The van der Waals surface area contributed by atoms with E-state index in [0.29, 0.717) is 0 Å². The van der Waals surface area contributed by atoms with Gasteiger partial charge in [0.15, 0.2) is 0 Å². The summed E-state index contributed by atoms with van der Waals surface area (Å²) in [6, 6.07) is 16.1. The molecule has 0 atom stereocenters. The average molecular weight is 288 g/mol. The second-order valence-corrected chi connectivity index (χ2v) is 4.18. The van der Waals surface area contributed by atoms with Crippen molar-refractivity contribution in [3.8, 4) is 0 Å². The molecule has 1 heterocycles. The van der Waals surface area contributed by atoms with Gasteiger partial charge in [-0.05, 0) is 12.1 Å². The predicted molar refractivity (Wildman–Crippen MR) is 75.4 cm³/mol. The van der Waals surface area contributed by atoms with Crippen LogP contribution >= 0.6 is 0 Å². The number of hydrogen-bond acceptors (Lipinski definition) is 0. The monoisotopic (exact) mass is 288 g/mol. The molecule has 21 heavy (non-hydrogen) atoms. The first-order chi connectivity index (χ1) is 10.0. The fourth-order valence-corrected chi connectivity index (χ4v) is 1.78. The van der Waals surface area contributed by atoms with Crippen LogP contribution in [0.5, 0.6) is 0 Å². The Labute approximate surface area is 119 Å². The number of alkyl halides is 3. The first-order valence-electron chi connectivity index (χ1n) is 6.08. The lowest BCUT2D eigenvalue weighted by Crippen LogP contribution is -2.03. The van der Waals surface area contributed by atoms with Gasteiger partial charge in [-0.15, -0.1) is 0 Å². The molecule has 2 nitrogen and oxygen atoms in total. The molecule has 0 saturated carbocycles. The molecule has 1 aromatic heterocycles. The second kappa shape index (κ2) is 6.14. The minimum Gasteiger partial charge on any atom is -0.183 e. The summed E-state index contributed by atoms with van der Waals surface area (Å²) >= 11 is 0. The van der Waals surface area contributed by atoms with Crippen LogP contribution in [0.1, 0.15) is 5.56 Å². The summed E-state index contributed by atoms with van der Waals surface area (Å²) in [7, 11) is 0. The molecule has 0 radical (unpaired) electrons. The van der Waals surface area contributed by atoms with Gasteiger partial charge in [0, 0.05) is 5.39 Å². The van der Waals surface area contributed by atoms with Crippen molar-refractivity contribution in [2.75, 3.05) is 0 Å². The molecule has 0 unspecified atom stereocenters. The van der Waals surface area contributed by atoms with Gasteiger partial charge in [0.1, 0.15) is 5.52 Å². The lowest BCUT2D eigenvalue weighted by molar-refractivity contribution is -0.137. The molecule has 0 bridgehead atoms. The Morgan fingerprint density at radius 3 is 2.05 bits per heavy atom. The Hall–Kier alpha value is -2.74. The molecule has 0 N–H and O–H groups in total. The van der Waals surface area contributed by atoms with E-state index in [1.807, 2.05) is 30.3 Å². The molecule has 106 valence electrons. The molecule has 0 aliphatic heterocycles. The molecule has 0 spiro atoms. The molecule has 5 heteroatoms. The Balaban J connectivity index is 0.000000155. The van der Waals surface area contributed by atoms with Crippen molar-refractivity contribution in [3.63, 3.8) is 0 Å². The van der Waals surface area contributed by atoms with E-state index in [-0.39, 0.29) is 0 Å². The number of halogens is 3. The molecular formula is C16H11F3N2. The third kappa shape index (κ3) is 3.63. The Kier molecular flexibility index (Phi) is 4.29. The Morgan fingerprint density at radius 2 is 1.48 bits per heavy atom. The molecule has 3 aromatic rings. The van der Waals surface area contributed by atoms with Crippen LogP contribution in [0, 0.1) is 6.57 Å². The number of hydrogen-bond donors (Lipinski definition) is 0. The Morgan fingerprint density at radius 1 is 0.857 bits per heavy atom. The van der Waals surface area contributed by atoms with Crippen LogP contribution in [0.2, 0.25) is 0 Å². The van der Waals surface area contributed by atoms with Crippen LogP contribution in [-0.2, 0) is 6.18 Å². The van der Waals surface area contributed by atoms with E-state index in [1.165, 1.54) is 16.8 Å². The molecule has 0 aliphatic carbocycles. The SMILES string of the molecule is FC(F)(F)c1ccccc1.[C-]#[N+]n1ccc2ccccc21. The summed E-state index contributed by atoms with van der Waals surface area (Å²) in [4.78, 5) is 3.33. The third-order valence-corrected chi connectivity index (χ3v) is 2.79. The van der Waals surface area contributed by atoms with Gasteiger partial charge in [-0.25, -0.2) is 0 Å². The van der Waals surface area contributed by atoms with Crippen LogP contribution < -0.4 is 0 Å². The van der Waals surface area contributed by atoms with E-state index in [1.54, 1.807) is 12.3 Å². The highest BCUT2D eigenvalue weighted by atomic mass is 19.4. The van der Waals surface area contributed by atoms with E-state index in [0.717, 1.165) is 23.0 Å². The van der Waals surface area contributed by atoms with Gasteiger partial charge in [-0.2, -0.15) is 24.7 Å². The topological polar surface area (TPSA) is 9.29 Å². The fourth-order valence-electron chi connectivity index (χ4n) is 1.78. The zero-order valence-electron chi connectivity index (χ0n) is 10.9. The standard InChI is InChI=1S/C9H6N2.C7H5F3/c1-10-11-7-6-8-4-2-3-5-9(8)11;8-7(9,10)6-4-2-1-3-5-6/h2-7H;1-5H. The highest BCUT2D eigenvalue weighted by Crippen LogP contribution is 2.28. The molecule has 0 fully saturated rings. The van der Waals surface area contributed by atoms with E-state index in [2.05, 4.69) is 4.95 Å². The van der Waals surface area contributed by atoms with Crippen molar-refractivity contribution in [1.29, 1.82) is 0 Å². The normalized spacial score (nSPS) is 10.6. The maximum absolute atomic E-state index is 11.8. The minimum absolute atomic E-state index is 0.602. The van der Waals surface area contributed by atoms with Crippen molar-refractivity contribution < 1.29 is 13.2 Å². The van der Waals surface area contributed by atoms with Gasteiger partial charge >= 0.3 is 6.18 Å². The van der Waals surface area contributed by atoms with E-state index >= 15 is 0 Å². The average Bonchev–Trinajstić information content (AvgIpc) is 2.91. The van der Waals surface area contributed by atoms with Crippen LogP contribution in [0.4, 0.5) is 13.2 Å². The van der Waals surface area contributed by atoms with Crippen molar-refractivity contribution in [3.05, 3.63) is 84.0 Å². The molecule has 0 saturated heterocycles.